The Labute approximate surface area is 169 Å². The van der Waals surface area contributed by atoms with Crippen LogP contribution in [0, 0.1) is 12.3 Å². The zero-order valence-electron chi connectivity index (χ0n) is 18.1. The zero-order chi connectivity index (χ0) is 20.4. The first-order valence-electron chi connectivity index (χ1n) is 9.82. The first kappa shape index (κ1) is 23.8. The summed E-state index contributed by atoms with van der Waals surface area (Å²) >= 11 is 1.62. The van der Waals surface area contributed by atoms with Crippen LogP contribution in [0.4, 0.5) is 5.82 Å². The Bertz CT molecular complexity index is 600. The van der Waals surface area contributed by atoms with Crippen molar-refractivity contribution < 1.29 is 9.53 Å². The average molecular weight is 396 g/mol. The maximum atomic E-state index is 12.8. The number of ether oxygens (including phenoxy) is 1. The van der Waals surface area contributed by atoms with Gasteiger partial charge in [0.05, 0.1) is 5.56 Å². The molecule has 0 saturated heterocycles. The monoisotopic (exact) mass is 395 g/mol. The Morgan fingerprint density at radius 3 is 2.63 bits per heavy atom. The minimum Gasteiger partial charge on any atom is -0.385 e. The van der Waals surface area contributed by atoms with E-state index in [1.54, 1.807) is 18.9 Å². The molecular weight excluding hydrogens is 358 g/mol. The number of anilines is 1. The minimum absolute atomic E-state index is 0.0153. The third kappa shape index (κ3) is 8.52. The molecule has 154 valence electrons. The summed E-state index contributed by atoms with van der Waals surface area (Å²) in [6, 6.07) is 2.01. The molecule has 1 rings (SSSR count). The molecule has 0 aromatic carbocycles. The molecule has 0 bridgehead atoms. The number of hydrogen-bond acceptors (Lipinski definition) is 5. The van der Waals surface area contributed by atoms with Crippen molar-refractivity contribution in [1.82, 2.24) is 10.3 Å². The molecule has 0 aliphatic heterocycles. The zero-order valence-corrected chi connectivity index (χ0v) is 19.0. The Morgan fingerprint density at radius 1 is 1.33 bits per heavy atom. The second kappa shape index (κ2) is 11.5. The van der Waals surface area contributed by atoms with Crippen molar-refractivity contribution in [2.45, 2.75) is 58.9 Å². The van der Waals surface area contributed by atoms with Crippen molar-refractivity contribution in [3.63, 3.8) is 0 Å². The lowest BCUT2D eigenvalue weighted by Crippen LogP contribution is -2.28. The van der Waals surface area contributed by atoms with E-state index in [9.17, 15) is 4.79 Å². The van der Waals surface area contributed by atoms with Gasteiger partial charge in [-0.25, -0.2) is 4.98 Å². The largest absolute Gasteiger partial charge is 0.385 e. The number of hydrogen-bond donors (Lipinski definition) is 1. The van der Waals surface area contributed by atoms with Gasteiger partial charge in [-0.15, -0.1) is 11.8 Å². The summed E-state index contributed by atoms with van der Waals surface area (Å²) in [7, 11) is 3.75. The van der Waals surface area contributed by atoms with Crippen LogP contribution < -0.4 is 10.2 Å². The van der Waals surface area contributed by atoms with Gasteiger partial charge in [-0.1, -0.05) is 27.7 Å². The van der Waals surface area contributed by atoms with E-state index >= 15 is 0 Å². The lowest BCUT2D eigenvalue weighted by molar-refractivity contribution is 0.0947. The fourth-order valence-corrected chi connectivity index (χ4v) is 3.64. The van der Waals surface area contributed by atoms with Crippen molar-refractivity contribution in [2.24, 2.45) is 5.41 Å². The molecule has 6 heteroatoms. The second-order valence-electron chi connectivity index (χ2n) is 8.10. The maximum Gasteiger partial charge on any atom is 0.254 e. The van der Waals surface area contributed by atoms with Crippen LogP contribution in [0.1, 0.15) is 62.9 Å². The number of aromatic nitrogens is 1. The van der Waals surface area contributed by atoms with E-state index in [0.29, 0.717) is 17.5 Å². The van der Waals surface area contributed by atoms with Crippen LogP contribution in [-0.4, -0.2) is 50.5 Å². The standard InChI is InChI=1S/C21H37N3O2S/c1-8-27-20-18(19(25)22-12-9-11-21(3,4)5)16(2)15-17(23-20)24(6)13-10-14-26-7/h15H,8-14H2,1-7H3,(H,22,25). The van der Waals surface area contributed by atoms with E-state index in [2.05, 4.69) is 37.9 Å². The summed E-state index contributed by atoms with van der Waals surface area (Å²) in [4.78, 5) is 19.7. The van der Waals surface area contributed by atoms with Gasteiger partial charge in [0.15, 0.2) is 0 Å². The highest BCUT2D eigenvalue weighted by atomic mass is 32.2. The molecule has 0 spiro atoms. The van der Waals surface area contributed by atoms with E-state index in [0.717, 1.165) is 54.6 Å². The number of methoxy groups -OCH3 is 1. The molecule has 1 aromatic heterocycles. The van der Waals surface area contributed by atoms with E-state index < -0.39 is 0 Å². The van der Waals surface area contributed by atoms with Crippen LogP contribution in [0.25, 0.3) is 0 Å². The second-order valence-corrected chi connectivity index (χ2v) is 9.35. The molecule has 5 nitrogen and oxygen atoms in total. The van der Waals surface area contributed by atoms with Gasteiger partial charge >= 0.3 is 0 Å². The summed E-state index contributed by atoms with van der Waals surface area (Å²) in [6.07, 6.45) is 3.02. The molecule has 0 unspecified atom stereocenters. The van der Waals surface area contributed by atoms with Crippen molar-refractivity contribution in [2.75, 3.05) is 44.5 Å². The third-order valence-electron chi connectivity index (χ3n) is 4.30. The highest BCUT2D eigenvalue weighted by molar-refractivity contribution is 7.99. The van der Waals surface area contributed by atoms with Gasteiger partial charge in [0.2, 0.25) is 0 Å². The molecule has 1 amide bonds. The van der Waals surface area contributed by atoms with Gasteiger partial charge in [0, 0.05) is 33.9 Å². The molecule has 0 saturated carbocycles. The Kier molecular flexibility index (Phi) is 10.2. The number of pyridine rings is 1. The topological polar surface area (TPSA) is 54.5 Å². The van der Waals surface area contributed by atoms with Gasteiger partial charge < -0.3 is 15.0 Å². The lowest BCUT2D eigenvalue weighted by atomic mass is 9.91. The van der Waals surface area contributed by atoms with Gasteiger partial charge in [0.25, 0.3) is 5.91 Å². The van der Waals surface area contributed by atoms with E-state index in [1.807, 2.05) is 20.0 Å². The molecule has 27 heavy (non-hydrogen) atoms. The SMILES string of the molecule is CCSc1nc(N(C)CCCOC)cc(C)c1C(=O)NCCCC(C)(C)C. The normalized spacial score (nSPS) is 11.5. The molecule has 0 aliphatic rings. The molecule has 1 aromatic rings. The smallest absolute Gasteiger partial charge is 0.254 e. The van der Waals surface area contributed by atoms with E-state index in [1.165, 1.54) is 0 Å². The molecule has 0 aliphatic carbocycles. The number of amides is 1. The van der Waals surface area contributed by atoms with E-state index in [4.69, 9.17) is 9.72 Å². The number of aryl methyl sites for hydroxylation is 1. The molecule has 0 atom stereocenters. The first-order valence-corrected chi connectivity index (χ1v) is 10.8. The lowest BCUT2D eigenvalue weighted by Gasteiger charge is -2.21. The van der Waals surface area contributed by atoms with Gasteiger partial charge in [-0.05, 0) is 49.0 Å². The quantitative estimate of drug-likeness (QED) is 0.441. The number of nitrogens with one attached hydrogen (secondary N) is 1. The fourth-order valence-electron chi connectivity index (χ4n) is 2.81. The molecule has 1 N–H and O–H groups in total. The van der Waals surface area contributed by atoms with Crippen molar-refractivity contribution in [3.05, 3.63) is 17.2 Å². The summed E-state index contributed by atoms with van der Waals surface area (Å²) < 4.78 is 5.13. The van der Waals surface area contributed by atoms with Crippen molar-refractivity contribution in [3.8, 4) is 0 Å². The van der Waals surface area contributed by atoms with Crippen molar-refractivity contribution >= 4 is 23.5 Å². The fraction of sp³-hybridized carbons (Fsp3) is 0.714. The first-order chi connectivity index (χ1) is 12.7. The van der Waals surface area contributed by atoms with Crippen LogP contribution in [0.15, 0.2) is 11.1 Å². The predicted molar refractivity (Wildman–Crippen MR) is 116 cm³/mol. The molecule has 1 heterocycles. The predicted octanol–water partition coefficient (Wildman–Crippen LogP) is 4.53. The van der Waals surface area contributed by atoms with E-state index in [-0.39, 0.29) is 5.91 Å². The average Bonchev–Trinajstić information content (AvgIpc) is 2.57. The van der Waals surface area contributed by atoms with Gasteiger partial charge in [-0.2, -0.15) is 0 Å². The van der Waals surface area contributed by atoms with Gasteiger partial charge in [-0.3, -0.25) is 4.79 Å². The van der Waals surface area contributed by atoms with Crippen molar-refractivity contribution in [1.29, 1.82) is 0 Å². The Balaban J connectivity index is 2.87. The van der Waals surface area contributed by atoms with Gasteiger partial charge in [0.1, 0.15) is 10.8 Å². The molecule has 0 radical (unpaired) electrons. The van der Waals surface area contributed by atoms with Crippen LogP contribution in [0.2, 0.25) is 0 Å². The number of rotatable bonds is 11. The number of nitrogens with zero attached hydrogens (tertiary/aromatic N) is 2. The van der Waals surface area contributed by atoms with Crippen LogP contribution in [0.3, 0.4) is 0 Å². The van der Waals surface area contributed by atoms with Crippen LogP contribution in [0.5, 0.6) is 0 Å². The summed E-state index contributed by atoms with van der Waals surface area (Å²) in [5.41, 5.74) is 1.98. The maximum absolute atomic E-state index is 12.8. The van der Waals surface area contributed by atoms with Crippen LogP contribution in [-0.2, 0) is 4.74 Å². The highest BCUT2D eigenvalue weighted by Crippen LogP contribution is 2.27. The Hall–Kier alpha value is -1.27. The minimum atomic E-state index is -0.0153. The third-order valence-corrected chi connectivity index (χ3v) is 5.16. The molecular formula is C21H37N3O2S. The Morgan fingerprint density at radius 2 is 2.04 bits per heavy atom. The summed E-state index contributed by atoms with van der Waals surface area (Å²) in [6.45, 7) is 13.1. The summed E-state index contributed by atoms with van der Waals surface area (Å²) in [5.74, 6) is 1.77. The number of thioether (sulfide) groups is 1. The van der Waals surface area contributed by atoms with Crippen LogP contribution >= 0.6 is 11.8 Å². The highest BCUT2D eigenvalue weighted by Gasteiger charge is 2.19. The summed E-state index contributed by atoms with van der Waals surface area (Å²) in [5, 5.41) is 3.90. The number of carbonyl (C=O) groups is 1. The number of carbonyl (C=O) groups excluding carboxylic acids is 1. The molecule has 0 fully saturated rings.